The number of rotatable bonds is 8. The highest BCUT2D eigenvalue weighted by atomic mass is 31.2. The largest absolute Gasteiger partial charge is 0.647 e. The molecule has 0 saturated heterocycles. The molecule has 0 aliphatic rings. The van der Waals surface area contributed by atoms with Crippen molar-refractivity contribution in [1.29, 1.82) is 0 Å². The minimum absolute atomic E-state index is 0.413. The Kier molecular flexibility index (Phi) is 6.20. The smallest absolute Gasteiger partial charge is 0.386 e. The van der Waals surface area contributed by atoms with Crippen molar-refractivity contribution in [3.05, 3.63) is 90.0 Å². The lowest BCUT2D eigenvalue weighted by Gasteiger charge is -2.19. The van der Waals surface area contributed by atoms with E-state index in [-0.39, 0.29) is 0 Å². The summed E-state index contributed by atoms with van der Waals surface area (Å²) in [5, 5.41) is 0. The van der Waals surface area contributed by atoms with Gasteiger partial charge >= 0.3 is 7.82 Å². The molecule has 0 fully saturated rings. The Bertz CT molecular complexity index is 836. The third kappa shape index (κ3) is 5.38. The van der Waals surface area contributed by atoms with E-state index in [0.29, 0.717) is 17.2 Å². The zero-order valence-corrected chi connectivity index (χ0v) is 16.4. The summed E-state index contributed by atoms with van der Waals surface area (Å²) >= 11 is 0. The van der Waals surface area contributed by atoms with E-state index in [1.165, 1.54) is 0 Å². The lowest BCUT2D eigenvalue weighted by Crippen LogP contribution is -2.07. The summed E-state index contributed by atoms with van der Waals surface area (Å²) in [7, 11) is -3.93. The molecule has 0 spiro atoms. The van der Waals surface area contributed by atoms with E-state index >= 15 is 0 Å². The van der Waals surface area contributed by atoms with E-state index in [9.17, 15) is 4.57 Å². The van der Waals surface area contributed by atoms with Gasteiger partial charge in [-0.15, -0.1) is 0 Å². The number of benzene rings is 3. The number of para-hydroxylation sites is 1. The van der Waals surface area contributed by atoms with E-state index in [2.05, 4.69) is 13.8 Å². The van der Waals surface area contributed by atoms with Crippen LogP contribution in [0.5, 0.6) is 17.2 Å². The van der Waals surface area contributed by atoms with Gasteiger partial charge in [0.1, 0.15) is 17.2 Å². The standard InChI is InChI=1S/C22H23O4P/c1-3-18-10-14-21(15-11-18)25-27(23,24-20-8-6-5-7-9-20)26-22-16-12-19(4-2)13-17-22/h5-17H,3-4H2,1-2H3. The van der Waals surface area contributed by atoms with Crippen molar-refractivity contribution in [3.63, 3.8) is 0 Å². The van der Waals surface area contributed by atoms with E-state index in [4.69, 9.17) is 13.6 Å². The SMILES string of the molecule is CCc1ccc(OP(=O)(Oc2ccccc2)Oc2ccc(CC)cc2)cc1. The van der Waals surface area contributed by atoms with Gasteiger partial charge in [0.15, 0.2) is 0 Å². The summed E-state index contributed by atoms with van der Waals surface area (Å²) in [4.78, 5) is 0. The van der Waals surface area contributed by atoms with Crippen molar-refractivity contribution < 1.29 is 18.1 Å². The second-order valence-electron chi connectivity index (χ2n) is 6.03. The molecule has 0 aliphatic heterocycles. The average molecular weight is 382 g/mol. The van der Waals surface area contributed by atoms with Gasteiger partial charge in [-0.2, -0.15) is 4.57 Å². The zero-order chi connectivity index (χ0) is 19.1. The monoisotopic (exact) mass is 382 g/mol. The molecular weight excluding hydrogens is 359 g/mol. The summed E-state index contributed by atoms with van der Waals surface area (Å²) in [6.45, 7) is 4.14. The molecule has 3 aromatic carbocycles. The predicted octanol–water partition coefficient (Wildman–Crippen LogP) is 6.46. The first-order chi connectivity index (χ1) is 13.1. The summed E-state index contributed by atoms with van der Waals surface area (Å²) in [5.41, 5.74) is 2.33. The molecule has 0 aliphatic carbocycles. The molecular formula is C22H23O4P. The molecule has 4 nitrogen and oxygen atoms in total. The zero-order valence-electron chi connectivity index (χ0n) is 15.5. The van der Waals surface area contributed by atoms with Crippen LogP contribution in [0.25, 0.3) is 0 Å². The first kappa shape index (κ1) is 19.1. The molecule has 140 valence electrons. The van der Waals surface area contributed by atoms with Crippen LogP contribution >= 0.6 is 7.82 Å². The molecule has 3 aromatic rings. The van der Waals surface area contributed by atoms with Crippen LogP contribution in [0, 0.1) is 0 Å². The van der Waals surface area contributed by atoms with Crippen LogP contribution in [0.1, 0.15) is 25.0 Å². The molecule has 0 radical (unpaired) electrons. The van der Waals surface area contributed by atoms with Crippen LogP contribution < -0.4 is 13.6 Å². The van der Waals surface area contributed by atoms with Gasteiger partial charge in [0, 0.05) is 0 Å². The lowest BCUT2D eigenvalue weighted by atomic mass is 10.2. The second kappa shape index (κ2) is 8.79. The summed E-state index contributed by atoms with van der Waals surface area (Å²) in [6.07, 6.45) is 1.83. The fourth-order valence-electron chi connectivity index (χ4n) is 2.50. The van der Waals surface area contributed by atoms with Gasteiger partial charge in [0.25, 0.3) is 0 Å². The number of phosphoric acid groups is 1. The number of aryl methyl sites for hydroxylation is 2. The first-order valence-electron chi connectivity index (χ1n) is 9.02. The maximum Gasteiger partial charge on any atom is 0.647 e. The molecule has 0 bridgehead atoms. The topological polar surface area (TPSA) is 44.8 Å². The van der Waals surface area contributed by atoms with Crippen molar-refractivity contribution in [1.82, 2.24) is 0 Å². The molecule has 0 heterocycles. The normalized spacial score (nSPS) is 11.0. The van der Waals surface area contributed by atoms with Gasteiger partial charge in [0.05, 0.1) is 0 Å². The third-order valence-corrected chi connectivity index (χ3v) is 5.36. The minimum atomic E-state index is -3.93. The van der Waals surface area contributed by atoms with Gasteiger partial charge in [0.2, 0.25) is 0 Å². The first-order valence-corrected chi connectivity index (χ1v) is 10.5. The van der Waals surface area contributed by atoms with Crippen LogP contribution in [-0.2, 0) is 17.4 Å². The van der Waals surface area contributed by atoms with E-state index in [1.807, 2.05) is 30.3 Å². The molecule has 0 amide bonds. The summed E-state index contributed by atoms with van der Waals surface area (Å²) in [6, 6.07) is 23.6. The highest BCUT2D eigenvalue weighted by Crippen LogP contribution is 2.49. The maximum absolute atomic E-state index is 13.4. The van der Waals surface area contributed by atoms with Crippen molar-refractivity contribution in [3.8, 4) is 17.2 Å². The highest BCUT2D eigenvalue weighted by molar-refractivity contribution is 7.49. The minimum Gasteiger partial charge on any atom is -0.386 e. The van der Waals surface area contributed by atoms with Crippen LogP contribution in [0.4, 0.5) is 0 Å². The maximum atomic E-state index is 13.4. The van der Waals surface area contributed by atoms with Crippen molar-refractivity contribution in [2.75, 3.05) is 0 Å². The molecule has 0 unspecified atom stereocenters. The van der Waals surface area contributed by atoms with Crippen LogP contribution in [0.15, 0.2) is 78.9 Å². The van der Waals surface area contributed by atoms with Gasteiger partial charge in [-0.25, -0.2) is 0 Å². The van der Waals surface area contributed by atoms with E-state index in [1.54, 1.807) is 48.5 Å². The molecule has 0 aromatic heterocycles. The molecule has 0 atom stereocenters. The Hall–Kier alpha value is -2.71. The van der Waals surface area contributed by atoms with Gasteiger partial charge in [-0.05, 0) is 60.4 Å². The molecule has 0 saturated carbocycles. The highest BCUT2D eigenvalue weighted by Gasteiger charge is 2.33. The van der Waals surface area contributed by atoms with Crippen molar-refractivity contribution >= 4 is 7.82 Å². The summed E-state index contributed by atoms with van der Waals surface area (Å²) in [5.74, 6) is 1.27. The lowest BCUT2D eigenvalue weighted by molar-refractivity contribution is 0.298. The fourth-order valence-corrected chi connectivity index (χ4v) is 3.75. The molecule has 27 heavy (non-hydrogen) atoms. The Morgan fingerprint density at radius 3 is 1.33 bits per heavy atom. The van der Waals surface area contributed by atoms with Crippen molar-refractivity contribution in [2.45, 2.75) is 26.7 Å². The average Bonchev–Trinajstić information content (AvgIpc) is 2.69. The predicted molar refractivity (Wildman–Crippen MR) is 108 cm³/mol. The third-order valence-electron chi connectivity index (χ3n) is 4.06. The Morgan fingerprint density at radius 1 is 0.593 bits per heavy atom. The fraction of sp³-hybridized carbons (Fsp3) is 0.182. The van der Waals surface area contributed by atoms with Gasteiger partial charge in [-0.1, -0.05) is 56.3 Å². The Balaban J connectivity index is 1.85. The molecule has 0 N–H and O–H groups in total. The van der Waals surface area contributed by atoms with E-state index in [0.717, 1.165) is 24.0 Å². The Morgan fingerprint density at radius 2 is 0.963 bits per heavy atom. The van der Waals surface area contributed by atoms with E-state index < -0.39 is 7.82 Å². The van der Waals surface area contributed by atoms with Gasteiger partial charge < -0.3 is 13.6 Å². The molecule has 5 heteroatoms. The van der Waals surface area contributed by atoms with Crippen molar-refractivity contribution in [2.24, 2.45) is 0 Å². The van der Waals surface area contributed by atoms with Crippen LogP contribution in [-0.4, -0.2) is 0 Å². The second-order valence-corrected chi connectivity index (χ2v) is 7.47. The Labute approximate surface area is 160 Å². The number of hydrogen-bond donors (Lipinski definition) is 0. The molecule has 3 rings (SSSR count). The summed E-state index contributed by atoms with van der Waals surface area (Å²) < 4.78 is 30.4. The van der Waals surface area contributed by atoms with Crippen LogP contribution in [0.2, 0.25) is 0 Å². The quantitative estimate of drug-likeness (QED) is 0.420. The van der Waals surface area contributed by atoms with Gasteiger partial charge in [-0.3, -0.25) is 0 Å². The number of hydrogen-bond acceptors (Lipinski definition) is 4. The van der Waals surface area contributed by atoms with Crippen LogP contribution in [0.3, 0.4) is 0 Å². The number of phosphoric ester groups is 1.